The quantitative estimate of drug-likeness (QED) is 0.669. The molecule has 0 amide bonds. The van der Waals surface area contributed by atoms with Crippen LogP contribution in [0.4, 0.5) is 0 Å². The summed E-state index contributed by atoms with van der Waals surface area (Å²) in [5.41, 5.74) is 0. The molecule has 0 radical (unpaired) electrons. The molecule has 4 nitrogen and oxygen atoms in total. The highest BCUT2D eigenvalue weighted by Crippen LogP contribution is 2.10. The van der Waals surface area contributed by atoms with Crippen LogP contribution >= 0.6 is 11.6 Å². The SMILES string of the molecule is CN1CCOC(CN2CCOC(CCl)C2)C1. The summed E-state index contributed by atoms with van der Waals surface area (Å²) in [6.07, 6.45) is 0.532. The van der Waals surface area contributed by atoms with Gasteiger partial charge in [0.05, 0.1) is 25.4 Å². The lowest BCUT2D eigenvalue weighted by Crippen LogP contribution is -2.50. The third-order valence-corrected chi connectivity index (χ3v) is 3.54. The largest absolute Gasteiger partial charge is 0.374 e. The molecule has 0 saturated carbocycles. The summed E-state index contributed by atoms with van der Waals surface area (Å²) in [6, 6.07) is 0. The molecular weight excluding hydrogens is 228 g/mol. The van der Waals surface area contributed by atoms with E-state index in [2.05, 4.69) is 16.8 Å². The third-order valence-electron chi connectivity index (χ3n) is 3.20. The van der Waals surface area contributed by atoms with Crippen molar-refractivity contribution in [3.05, 3.63) is 0 Å². The Morgan fingerprint density at radius 2 is 1.88 bits per heavy atom. The van der Waals surface area contributed by atoms with Crippen LogP contribution in [0.25, 0.3) is 0 Å². The summed E-state index contributed by atoms with van der Waals surface area (Å²) in [4.78, 5) is 4.73. The fourth-order valence-corrected chi connectivity index (χ4v) is 2.49. The Balaban J connectivity index is 1.75. The van der Waals surface area contributed by atoms with Crippen molar-refractivity contribution in [2.45, 2.75) is 12.2 Å². The molecule has 2 rings (SSSR count). The first-order valence-electron chi connectivity index (χ1n) is 5.98. The monoisotopic (exact) mass is 248 g/mol. The molecule has 0 aromatic carbocycles. The standard InChI is InChI=1S/C11H21ClN2O2/c1-13-2-4-16-11(7-13)9-14-3-5-15-10(6-12)8-14/h10-11H,2-9H2,1H3. The molecule has 0 aromatic rings. The van der Waals surface area contributed by atoms with Crippen molar-refractivity contribution in [3.63, 3.8) is 0 Å². The molecule has 2 fully saturated rings. The van der Waals surface area contributed by atoms with Gasteiger partial charge in [-0.25, -0.2) is 0 Å². The first kappa shape index (κ1) is 12.6. The van der Waals surface area contributed by atoms with Crippen LogP contribution in [-0.4, -0.2) is 80.9 Å². The highest BCUT2D eigenvalue weighted by atomic mass is 35.5. The smallest absolute Gasteiger partial charge is 0.0837 e. The number of ether oxygens (including phenoxy) is 2. The van der Waals surface area contributed by atoms with Gasteiger partial charge in [0.25, 0.3) is 0 Å². The summed E-state index contributed by atoms with van der Waals surface area (Å²) in [5, 5.41) is 0. The van der Waals surface area contributed by atoms with Gasteiger partial charge in [-0.3, -0.25) is 4.90 Å². The number of morpholine rings is 2. The Hall–Kier alpha value is 0.130. The van der Waals surface area contributed by atoms with Crippen LogP contribution < -0.4 is 0 Å². The first-order valence-corrected chi connectivity index (χ1v) is 6.51. The molecule has 16 heavy (non-hydrogen) atoms. The van der Waals surface area contributed by atoms with Crippen LogP contribution in [0.2, 0.25) is 0 Å². The molecule has 0 aliphatic carbocycles. The highest BCUT2D eigenvalue weighted by Gasteiger charge is 2.24. The zero-order chi connectivity index (χ0) is 11.4. The molecule has 94 valence electrons. The van der Waals surface area contributed by atoms with Crippen LogP contribution in [0.3, 0.4) is 0 Å². The lowest BCUT2D eigenvalue weighted by molar-refractivity contribution is -0.0659. The van der Waals surface area contributed by atoms with Crippen molar-refractivity contribution >= 4 is 11.6 Å². The average Bonchev–Trinajstić information content (AvgIpc) is 2.29. The van der Waals surface area contributed by atoms with Crippen LogP contribution in [-0.2, 0) is 9.47 Å². The van der Waals surface area contributed by atoms with Gasteiger partial charge in [-0.2, -0.15) is 0 Å². The van der Waals surface area contributed by atoms with Crippen molar-refractivity contribution in [2.75, 3.05) is 58.9 Å². The van der Waals surface area contributed by atoms with Crippen LogP contribution in [0.5, 0.6) is 0 Å². The predicted molar refractivity (Wildman–Crippen MR) is 64.1 cm³/mol. The molecule has 0 bridgehead atoms. The molecule has 2 aliphatic rings. The van der Waals surface area contributed by atoms with Gasteiger partial charge in [-0.05, 0) is 7.05 Å². The minimum Gasteiger partial charge on any atom is -0.374 e. The summed E-state index contributed by atoms with van der Waals surface area (Å²) in [7, 11) is 2.15. The van der Waals surface area contributed by atoms with Crippen molar-refractivity contribution in [2.24, 2.45) is 0 Å². The Bertz CT molecular complexity index is 218. The van der Waals surface area contributed by atoms with E-state index in [0.29, 0.717) is 12.0 Å². The normalized spacial score (nSPS) is 34.1. The summed E-state index contributed by atoms with van der Waals surface area (Å²) < 4.78 is 11.3. The summed E-state index contributed by atoms with van der Waals surface area (Å²) in [6.45, 7) is 6.66. The maximum absolute atomic E-state index is 5.82. The summed E-state index contributed by atoms with van der Waals surface area (Å²) in [5.74, 6) is 0.585. The molecular formula is C11H21ClN2O2. The van der Waals surface area contributed by atoms with Gasteiger partial charge in [-0.15, -0.1) is 11.6 Å². The Morgan fingerprint density at radius 1 is 1.12 bits per heavy atom. The van der Waals surface area contributed by atoms with Crippen molar-refractivity contribution < 1.29 is 9.47 Å². The first-order chi connectivity index (χ1) is 7.78. The van der Waals surface area contributed by atoms with Gasteiger partial charge in [0.15, 0.2) is 0 Å². The van der Waals surface area contributed by atoms with Crippen LogP contribution in [0.15, 0.2) is 0 Å². The molecule has 0 aromatic heterocycles. The highest BCUT2D eigenvalue weighted by molar-refractivity contribution is 6.18. The fourth-order valence-electron chi connectivity index (χ4n) is 2.30. The maximum atomic E-state index is 5.82. The number of hydrogen-bond donors (Lipinski definition) is 0. The predicted octanol–water partition coefficient (Wildman–Crippen LogP) is 0.257. The second-order valence-electron chi connectivity index (χ2n) is 4.66. The zero-order valence-electron chi connectivity index (χ0n) is 9.90. The molecule has 0 N–H and O–H groups in total. The molecule has 2 saturated heterocycles. The molecule has 5 heteroatoms. The Labute approximate surface area is 102 Å². The molecule has 0 spiro atoms. The second-order valence-corrected chi connectivity index (χ2v) is 4.97. The van der Waals surface area contributed by atoms with Gasteiger partial charge in [-0.1, -0.05) is 0 Å². The van der Waals surface area contributed by atoms with Gasteiger partial charge in [0.1, 0.15) is 0 Å². The number of rotatable bonds is 3. The fraction of sp³-hybridized carbons (Fsp3) is 1.00. The van der Waals surface area contributed by atoms with Crippen LogP contribution in [0.1, 0.15) is 0 Å². The third kappa shape index (κ3) is 3.57. The Kier molecular flexibility index (Phi) is 4.85. The van der Waals surface area contributed by atoms with E-state index in [9.17, 15) is 0 Å². The minimum absolute atomic E-state index is 0.191. The van der Waals surface area contributed by atoms with E-state index in [0.717, 1.165) is 45.9 Å². The number of alkyl halides is 1. The van der Waals surface area contributed by atoms with E-state index in [1.165, 1.54) is 0 Å². The molecule has 2 aliphatic heterocycles. The molecule has 2 heterocycles. The van der Waals surface area contributed by atoms with Crippen LogP contribution in [0, 0.1) is 0 Å². The second kappa shape index (κ2) is 6.17. The van der Waals surface area contributed by atoms with E-state index in [1.807, 2.05) is 0 Å². The number of halogens is 1. The van der Waals surface area contributed by atoms with Crippen molar-refractivity contribution in [1.29, 1.82) is 0 Å². The van der Waals surface area contributed by atoms with Crippen molar-refractivity contribution in [3.8, 4) is 0 Å². The Morgan fingerprint density at radius 3 is 2.62 bits per heavy atom. The zero-order valence-corrected chi connectivity index (χ0v) is 10.7. The lowest BCUT2D eigenvalue weighted by Gasteiger charge is -2.37. The molecule has 2 unspecified atom stereocenters. The summed E-state index contributed by atoms with van der Waals surface area (Å²) >= 11 is 5.82. The number of hydrogen-bond acceptors (Lipinski definition) is 4. The minimum atomic E-state index is 0.191. The number of nitrogens with zero attached hydrogens (tertiary/aromatic N) is 2. The number of likely N-dealkylation sites (N-methyl/N-ethyl adjacent to an activating group) is 1. The van der Waals surface area contributed by atoms with Gasteiger partial charge in [0, 0.05) is 38.6 Å². The maximum Gasteiger partial charge on any atom is 0.0837 e. The topological polar surface area (TPSA) is 24.9 Å². The lowest BCUT2D eigenvalue weighted by atomic mass is 10.2. The van der Waals surface area contributed by atoms with E-state index < -0.39 is 0 Å². The van der Waals surface area contributed by atoms with E-state index in [4.69, 9.17) is 21.1 Å². The van der Waals surface area contributed by atoms with E-state index in [-0.39, 0.29) is 6.10 Å². The average molecular weight is 249 g/mol. The molecule has 2 atom stereocenters. The van der Waals surface area contributed by atoms with E-state index in [1.54, 1.807) is 0 Å². The van der Waals surface area contributed by atoms with E-state index >= 15 is 0 Å². The van der Waals surface area contributed by atoms with Crippen molar-refractivity contribution in [1.82, 2.24) is 9.80 Å². The van der Waals surface area contributed by atoms with Gasteiger partial charge < -0.3 is 14.4 Å². The van der Waals surface area contributed by atoms with Gasteiger partial charge in [0.2, 0.25) is 0 Å². The van der Waals surface area contributed by atoms with Gasteiger partial charge >= 0.3 is 0 Å².